The molecular formula is C45H32N4. The molecule has 0 unspecified atom stereocenters. The molecule has 3 aliphatic carbocycles. The van der Waals surface area contributed by atoms with Crippen molar-refractivity contribution in [2.45, 2.75) is 32.1 Å². The molecule has 0 saturated carbocycles. The summed E-state index contributed by atoms with van der Waals surface area (Å²) in [6, 6.07) is 34.5. The minimum Gasteiger partial charge on any atom is -0.312 e. The highest BCUT2D eigenvalue weighted by atomic mass is 15.0. The van der Waals surface area contributed by atoms with E-state index >= 15 is 0 Å². The molecule has 0 spiro atoms. The zero-order chi connectivity index (χ0) is 32.9. The summed E-state index contributed by atoms with van der Waals surface area (Å²) < 4.78 is 4.65. The predicted octanol–water partition coefficient (Wildman–Crippen LogP) is 10.7. The molecule has 49 heavy (non-hydrogen) atoms. The van der Waals surface area contributed by atoms with E-state index < -0.39 is 0 Å². The molecule has 0 fully saturated rings. The summed E-state index contributed by atoms with van der Waals surface area (Å²) in [7, 11) is 0. The van der Waals surface area contributed by atoms with Crippen molar-refractivity contribution in [2.24, 2.45) is 0 Å². The molecule has 0 aliphatic heterocycles. The number of fused-ring (bicyclic) bond motifs is 6. The first kappa shape index (κ1) is 28.8. The Morgan fingerprint density at radius 2 is 1.37 bits per heavy atom. The van der Waals surface area contributed by atoms with Crippen LogP contribution < -0.4 is 0 Å². The van der Waals surface area contributed by atoms with Crippen molar-refractivity contribution in [1.29, 1.82) is 10.5 Å². The van der Waals surface area contributed by atoms with E-state index in [1.165, 1.54) is 33.1 Å². The molecule has 0 saturated heterocycles. The SMILES string of the molecule is N#Cc1ccc(-n2c3c(c4ccccc42)CCC=C3)c(C#N)c1C1=CC=C(c2ccccc2-n2c3c(c4ccccc42)C=CCC3)C=CC1. The number of allylic oxidation sites excluding steroid dienone is 8. The molecule has 0 amide bonds. The number of rotatable bonds is 4. The first-order chi connectivity index (χ1) is 24.3. The van der Waals surface area contributed by atoms with Crippen LogP contribution in [0.1, 0.15) is 64.0 Å². The highest BCUT2D eigenvalue weighted by Crippen LogP contribution is 2.40. The average molecular weight is 629 g/mol. The molecule has 4 aromatic carbocycles. The molecule has 4 heteroatoms. The number of nitrogens with zero attached hydrogens (tertiary/aromatic N) is 4. The Bertz CT molecular complexity index is 2600. The van der Waals surface area contributed by atoms with Gasteiger partial charge in [-0.3, -0.25) is 0 Å². The van der Waals surface area contributed by atoms with Gasteiger partial charge in [0, 0.05) is 38.9 Å². The number of hydrogen-bond donors (Lipinski definition) is 0. The fraction of sp³-hybridized carbons (Fsp3) is 0.111. The number of para-hydroxylation sites is 3. The van der Waals surface area contributed by atoms with Gasteiger partial charge in [-0.1, -0.05) is 97.1 Å². The van der Waals surface area contributed by atoms with Gasteiger partial charge in [0.25, 0.3) is 0 Å². The Kier molecular flexibility index (Phi) is 6.89. The third-order valence-corrected chi connectivity index (χ3v) is 10.2. The summed E-state index contributed by atoms with van der Waals surface area (Å²) in [6.07, 6.45) is 22.1. The highest BCUT2D eigenvalue weighted by Gasteiger charge is 2.24. The molecule has 3 aliphatic rings. The van der Waals surface area contributed by atoms with Crippen molar-refractivity contribution < 1.29 is 0 Å². The summed E-state index contributed by atoms with van der Waals surface area (Å²) in [4.78, 5) is 0. The normalized spacial score (nSPS) is 14.9. The number of aryl methyl sites for hydroxylation is 1. The topological polar surface area (TPSA) is 57.4 Å². The van der Waals surface area contributed by atoms with Gasteiger partial charge in [0.2, 0.25) is 0 Å². The molecule has 2 aromatic heterocycles. The second kappa shape index (κ2) is 11.7. The van der Waals surface area contributed by atoms with Crippen LogP contribution in [0, 0.1) is 22.7 Å². The molecule has 232 valence electrons. The Labute approximate surface area is 285 Å². The minimum atomic E-state index is 0.511. The molecule has 0 N–H and O–H groups in total. The molecular weight excluding hydrogens is 597 g/mol. The van der Waals surface area contributed by atoms with Crippen LogP contribution in [0.2, 0.25) is 0 Å². The molecule has 4 nitrogen and oxygen atoms in total. The van der Waals surface area contributed by atoms with Crippen LogP contribution in [0.5, 0.6) is 0 Å². The van der Waals surface area contributed by atoms with E-state index in [2.05, 4.69) is 143 Å². The van der Waals surface area contributed by atoms with Crippen molar-refractivity contribution in [3.8, 4) is 23.5 Å². The second-order valence-electron chi connectivity index (χ2n) is 12.9. The van der Waals surface area contributed by atoms with Crippen molar-refractivity contribution in [3.63, 3.8) is 0 Å². The van der Waals surface area contributed by atoms with E-state index in [9.17, 15) is 10.5 Å². The van der Waals surface area contributed by atoms with Crippen molar-refractivity contribution in [2.75, 3.05) is 0 Å². The summed E-state index contributed by atoms with van der Waals surface area (Å²) in [5, 5.41) is 23.6. The molecule has 0 radical (unpaired) electrons. The van der Waals surface area contributed by atoms with Crippen molar-refractivity contribution in [1.82, 2.24) is 9.13 Å². The fourth-order valence-electron chi connectivity index (χ4n) is 8.12. The lowest BCUT2D eigenvalue weighted by atomic mass is 9.91. The van der Waals surface area contributed by atoms with E-state index in [0.717, 1.165) is 65.0 Å². The molecule has 6 aromatic rings. The summed E-state index contributed by atoms with van der Waals surface area (Å²) in [5.74, 6) is 0. The number of aromatic nitrogens is 2. The maximum absolute atomic E-state index is 10.8. The van der Waals surface area contributed by atoms with Crippen LogP contribution in [0.25, 0.3) is 56.5 Å². The molecule has 0 atom stereocenters. The standard InChI is InChI=1S/C45H32N4/c46-28-32-26-27-44(49-42-22-9-4-17-36(42)37-18-5-10-23-43(37)49)38(29-47)45(32)31-13-11-12-30(24-25-31)33-14-1-6-19-39(33)48-40-20-7-2-15-34(40)35-16-3-8-21-41(35)48/h1-4,6-7,9-12,14-17,19-20,22-27H,5,8,13,18,21H2. The Balaban J connectivity index is 1.21. The number of benzene rings is 4. The lowest BCUT2D eigenvalue weighted by Crippen LogP contribution is -2.06. The summed E-state index contributed by atoms with van der Waals surface area (Å²) >= 11 is 0. The van der Waals surface area contributed by atoms with Crippen molar-refractivity contribution >= 4 is 45.1 Å². The molecule has 0 bridgehead atoms. The molecule has 9 rings (SSSR count). The van der Waals surface area contributed by atoms with E-state index in [4.69, 9.17) is 0 Å². The van der Waals surface area contributed by atoms with Gasteiger partial charge in [-0.2, -0.15) is 10.5 Å². The molecule has 2 heterocycles. The largest absolute Gasteiger partial charge is 0.312 e. The zero-order valence-electron chi connectivity index (χ0n) is 27.0. The van der Waals surface area contributed by atoms with Gasteiger partial charge in [-0.05, 0) is 85.2 Å². The van der Waals surface area contributed by atoms with Gasteiger partial charge in [0.1, 0.15) is 6.07 Å². The van der Waals surface area contributed by atoms with Gasteiger partial charge in [0.15, 0.2) is 0 Å². The van der Waals surface area contributed by atoms with Crippen LogP contribution in [-0.4, -0.2) is 9.13 Å². The number of hydrogen-bond acceptors (Lipinski definition) is 2. The van der Waals surface area contributed by atoms with Gasteiger partial charge in [-0.15, -0.1) is 0 Å². The average Bonchev–Trinajstić information content (AvgIpc) is 3.55. The third-order valence-electron chi connectivity index (χ3n) is 10.2. The highest BCUT2D eigenvalue weighted by molar-refractivity contribution is 5.96. The zero-order valence-corrected chi connectivity index (χ0v) is 27.0. The fourth-order valence-corrected chi connectivity index (χ4v) is 8.12. The second-order valence-corrected chi connectivity index (χ2v) is 12.9. The Hall–Kier alpha value is -6.36. The Morgan fingerprint density at radius 1 is 0.612 bits per heavy atom. The van der Waals surface area contributed by atoms with Gasteiger partial charge in [-0.25, -0.2) is 0 Å². The Morgan fingerprint density at radius 3 is 2.22 bits per heavy atom. The van der Waals surface area contributed by atoms with E-state index in [1.807, 2.05) is 12.1 Å². The predicted molar refractivity (Wildman–Crippen MR) is 200 cm³/mol. The monoisotopic (exact) mass is 628 g/mol. The lowest BCUT2D eigenvalue weighted by Gasteiger charge is -2.17. The van der Waals surface area contributed by atoms with E-state index in [-0.39, 0.29) is 0 Å². The third kappa shape index (κ3) is 4.50. The van der Waals surface area contributed by atoms with Crippen molar-refractivity contribution in [3.05, 3.63) is 166 Å². The van der Waals surface area contributed by atoms with Crippen LogP contribution in [0.3, 0.4) is 0 Å². The maximum Gasteiger partial charge on any atom is 0.102 e. The van der Waals surface area contributed by atoms with E-state index in [1.54, 1.807) is 0 Å². The number of nitriles is 2. The first-order valence-electron chi connectivity index (χ1n) is 17.0. The van der Waals surface area contributed by atoms with Crippen LogP contribution in [-0.2, 0) is 12.8 Å². The summed E-state index contributed by atoms with van der Waals surface area (Å²) in [6.45, 7) is 0. The smallest absolute Gasteiger partial charge is 0.102 e. The van der Waals surface area contributed by atoms with Crippen LogP contribution >= 0.6 is 0 Å². The van der Waals surface area contributed by atoms with Gasteiger partial charge >= 0.3 is 0 Å². The van der Waals surface area contributed by atoms with Gasteiger partial charge < -0.3 is 9.13 Å². The quantitative estimate of drug-likeness (QED) is 0.195. The van der Waals surface area contributed by atoms with Crippen LogP contribution in [0.4, 0.5) is 0 Å². The lowest BCUT2D eigenvalue weighted by molar-refractivity contribution is 0.887. The maximum atomic E-state index is 10.8. The van der Waals surface area contributed by atoms with Crippen LogP contribution in [0.15, 0.2) is 121 Å². The van der Waals surface area contributed by atoms with E-state index in [0.29, 0.717) is 23.1 Å². The first-order valence-corrected chi connectivity index (χ1v) is 17.0. The minimum absolute atomic E-state index is 0.511. The van der Waals surface area contributed by atoms with Gasteiger partial charge in [0.05, 0.1) is 39.6 Å². The summed E-state index contributed by atoms with van der Waals surface area (Å²) in [5.41, 5.74) is 14.3.